The van der Waals surface area contributed by atoms with Crippen LogP contribution in [0.15, 0.2) is 24.3 Å². The van der Waals surface area contributed by atoms with Gasteiger partial charge in [0.15, 0.2) is 13.0 Å². The predicted octanol–water partition coefficient (Wildman–Crippen LogP) is 1.70. The minimum Gasteiger partial charge on any atom is -0.319 e. The first-order valence-electron chi connectivity index (χ1n) is 6.44. The van der Waals surface area contributed by atoms with Gasteiger partial charge in [0.1, 0.15) is 5.54 Å². The molecule has 4 heteroatoms. The number of likely N-dealkylation sites (N-methyl/N-ethyl adjacent to an activating group) is 1. The highest BCUT2D eigenvalue weighted by Crippen LogP contribution is 2.32. The van der Waals surface area contributed by atoms with Crippen LogP contribution in [0.3, 0.4) is 0 Å². The van der Waals surface area contributed by atoms with Crippen molar-refractivity contribution in [3.8, 4) is 0 Å². The minimum atomic E-state index is -0.468. The summed E-state index contributed by atoms with van der Waals surface area (Å²) >= 11 is 0. The molecule has 4 nitrogen and oxygen atoms in total. The van der Waals surface area contributed by atoms with Gasteiger partial charge in [-0.25, -0.2) is 0 Å². The van der Waals surface area contributed by atoms with E-state index in [0.717, 1.165) is 23.4 Å². The Labute approximate surface area is 114 Å². The molecule has 19 heavy (non-hydrogen) atoms. The van der Waals surface area contributed by atoms with Crippen molar-refractivity contribution in [2.24, 2.45) is 0 Å². The fourth-order valence-corrected chi connectivity index (χ4v) is 2.40. The second-order valence-electron chi connectivity index (χ2n) is 6.37. The normalized spacial score (nSPS) is 20.3. The summed E-state index contributed by atoms with van der Waals surface area (Å²) in [5.74, 6) is -0.468. The third-order valence-electron chi connectivity index (χ3n) is 4.36. The molecular formula is C15H21N2O2+. The van der Waals surface area contributed by atoms with Crippen molar-refractivity contribution in [3.05, 3.63) is 29.8 Å². The lowest BCUT2D eigenvalue weighted by molar-refractivity contribution is -0.922. The summed E-state index contributed by atoms with van der Waals surface area (Å²) in [7, 11) is 4.45. The van der Waals surface area contributed by atoms with Crippen LogP contribution in [-0.2, 0) is 4.79 Å². The molecule has 0 radical (unpaired) electrons. The molecule has 1 saturated heterocycles. The molecule has 0 unspecified atom stereocenters. The summed E-state index contributed by atoms with van der Waals surface area (Å²) in [4.78, 5) is 24.0. The van der Waals surface area contributed by atoms with Crippen molar-refractivity contribution in [3.63, 3.8) is 0 Å². The molecule has 1 aliphatic rings. The van der Waals surface area contributed by atoms with Crippen molar-refractivity contribution in [1.82, 2.24) is 0 Å². The largest absolute Gasteiger partial charge is 0.319 e. The van der Waals surface area contributed by atoms with E-state index >= 15 is 0 Å². The Bertz CT molecular complexity index is 487. The van der Waals surface area contributed by atoms with Gasteiger partial charge < -0.3 is 9.38 Å². The first kappa shape index (κ1) is 13.7. The zero-order chi connectivity index (χ0) is 14.3. The molecule has 0 saturated carbocycles. The summed E-state index contributed by atoms with van der Waals surface area (Å²) in [6.07, 6.45) is 0.355. The summed E-state index contributed by atoms with van der Waals surface area (Å²) in [6, 6.07) is 7.27. The fraction of sp³-hybridized carbons (Fsp3) is 0.467. The van der Waals surface area contributed by atoms with Gasteiger partial charge in [-0.15, -0.1) is 0 Å². The zero-order valence-electron chi connectivity index (χ0n) is 12.0. The standard InChI is InChI=1S/C15H21N2O2/c1-15(2)10-16(11-17(15,3)4)13-7-5-12(6-8-13)14(19)9-18/h5-9H,10-11H2,1-4H3/q+1. The lowest BCUT2D eigenvalue weighted by atomic mass is 10.0. The Hall–Kier alpha value is -1.68. The van der Waals surface area contributed by atoms with Crippen molar-refractivity contribution >= 4 is 17.8 Å². The third kappa shape index (κ3) is 2.40. The molecule has 0 atom stereocenters. The fourth-order valence-electron chi connectivity index (χ4n) is 2.40. The molecule has 1 heterocycles. The number of anilines is 1. The molecule has 0 amide bonds. The smallest absolute Gasteiger partial charge is 0.225 e. The number of Topliss-reactive ketones (excluding diaryl/α,β-unsaturated/α-hetero) is 1. The topological polar surface area (TPSA) is 37.4 Å². The molecule has 0 spiro atoms. The van der Waals surface area contributed by atoms with Crippen LogP contribution in [0, 0.1) is 0 Å². The van der Waals surface area contributed by atoms with E-state index in [1.165, 1.54) is 0 Å². The van der Waals surface area contributed by atoms with Gasteiger partial charge >= 0.3 is 0 Å². The number of hydrogen-bond acceptors (Lipinski definition) is 3. The molecule has 1 aliphatic heterocycles. The summed E-state index contributed by atoms with van der Waals surface area (Å²) in [5.41, 5.74) is 1.74. The molecule has 1 aromatic rings. The summed E-state index contributed by atoms with van der Waals surface area (Å²) < 4.78 is 0.933. The molecule has 0 aromatic heterocycles. The monoisotopic (exact) mass is 261 g/mol. The van der Waals surface area contributed by atoms with Crippen molar-refractivity contribution in [1.29, 1.82) is 0 Å². The molecule has 102 valence electrons. The van der Waals surface area contributed by atoms with Crippen LogP contribution >= 0.6 is 0 Å². The average Bonchev–Trinajstić information content (AvgIpc) is 2.58. The number of nitrogens with zero attached hydrogens (tertiary/aromatic N) is 2. The van der Waals surface area contributed by atoms with E-state index < -0.39 is 5.78 Å². The highest BCUT2D eigenvalue weighted by atomic mass is 16.2. The maximum atomic E-state index is 11.3. The third-order valence-corrected chi connectivity index (χ3v) is 4.36. The lowest BCUT2D eigenvalue weighted by Crippen LogP contribution is -2.52. The number of hydrogen-bond donors (Lipinski definition) is 0. The van der Waals surface area contributed by atoms with Gasteiger partial charge in [0.05, 0.1) is 20.6 Å². The van der Waals surface area contributed by atoms with Gasteiger partial charge in [0.25, 0.3) is 0 Å². The average molecular weight is 261 g/mol. The number of benzene rings is 1. The maximum Gasteiger partial charge on any atom is 0.225 e. The lowest BCUT2D eigenvalue weighted by Gasteiger charge is -2.36. The molecule has 0 aliphatic carbocycles. The molecule has 0 bridgehead atoms. The van der Waals surface area contributed by atoms with E-state index in [4.69, 9.17) is 0 Å². The molecule has 0 N–H and O–H groups in total. The Morgan fingerprint density at radius 3 is 2.26 bits per heavy atom. The van der Waals surface area contributed by atoms with Crippen LogP contribution in [0.5, 0.6) is 0 Å². The predicted molar refractivity (Wildman–Crippen MR) is 75.2 cm³/mol. The first-order valence-corrected chi connectivity index (χ1v) is 6.44. The maximum absolute atomic E-state index is 11.3. The van der Waals surface area contributed by atoms with E-state index in [9.17, 15) is 9.59 Å². The minimum absolute atomic E-state index is 0.192. The van der Waals surface area contributed by atoms with Gasteiger partial charge in [-0.2, -0.15) is 0 Å². The Morgan fingerprint density at radius 2 is 1.84 bits per heavy atom. The summed E-state index contributed by atoms with van der Waals surface area (Å²) in [6.45, 7) is 6.43. The SMILES string of the molecule is CC1(C)CN(c2ccc(C(=O)C=O)cc2)C[N+]1(C)C. The number of rotatable bonds is 3. The van der Waals surface area contributed by atoms with Crippen molar-refractivity contribution in [2.75, 3.05) is 32.2 Å². The van der Waals surface area contributed by atoms with Crippen LogP contribution in [0.1, 0.15) is 24.2 Å². The number of aldehydes is 1. The van der Waals surface area contributed by atoms with Crippen molar-refractivity contribution < 1.29 is 14.1 Å². The van der Waals surface area contributed by atoms with Crippen LogP contribution in [0.2, 0.25) is 0 Å². The Morgan fingerprint density at radius 1 is 1.26 bits per heavy atom. The molecule has 2 rings (SSSR count). The van der Waals surface area contributed by atoms with Gasteiger partial charge in [-0.1, -0.05) is 0 Å². The number of carbonyl (C=O) groups is 2. The van der Waals surface area contributed by atoms with E-state index in [1.807, 2.05) is 12.1 Å². The number of quaternary nitrogens is 1. The second-order valence-corrected chi connectivity index (χ2v) is 6.37. The van der Waals surface area contributed by atoms with E-state index in [2.05, 4.69) is 32.8 Å². The van der Waals surface area contributed by atoms with Gasteiger partial charge in [-0.05, 0) is 38.1 Å². The van der Waals surface area contributed by atoms with Crippen LogP contribution in [0.4, 0.5) is 5.69 Å². The van der Waals surface area contributed by atoms with Crippen LogP contribution < -0.4 is 4.90 Å². The second kappa shape index (κ2) is 4.46. The van der Waals surface area contributed by atoms with Crippen LogP contribution in [-0.4, -0.2) is 49.4 Å². The number of carbonyl (C=O) groups excluding carboxylic acids is 2. The van der Waals surface area contributed by atoms with Gasteiger partial charge in [0.2, 0.25) is 5.78 Å². The highest BCUT2D eigenvalue weighted by molar-refractivity contribution is 6.33. The number of ketones is 1. The van der Waals surface area contributed by atoms with E-state index in [0.29, 0.717) is 11.8 Å². The molecular weight excluding hydrogens is 240 g/mol. The van der Waals surface area contributed by atoms with Crippen molar-refractivity contribution in [2.45, 2.75) is 19.4 Å². The van der Waals surface area contributed by atoms with E-state index in [1.54, 1.807) is 12.1 Å². The first-order chi connectivity index (χ1) is 8.77. The quantitative estimate of drug-likeness (QED) is 0.360. The van der Waals surface area contributed by atoms with Gasteiger partial charge in [0, 0.05) is 11.3 Å². The zero-order valence-corrected chi connectivity index (χ0v) is 12.0. The Kier molecular flexibility index (Phi) is 3.22. The van der Waals surface area contributed by atoms with E-state index in [-0.39, 0.29) is 5.54 Å². The highest BCUT2D eigenvalue weighted by Gasteiger charge is 2.46. The molecule has 1 aromatic carbocycles. The van der Waals surface area contributed by atoms with Crippen LogP contribution in [0.25, 0.3) is 0 Å². The molecule has 1 fully saturated rings. The van der Waals surface area contributed by atoms with Gasteiger partial charge in [-0.3, -0.25) is 9.59 Å². The Balaban J connectivity index is 2.21. The summed E-state index contributed by atoms with van der Waals surface area (Å²) in [5, 5.41) is 0.